The number of allylic oxidation sites excluding steroid dienone is 4. The number of hydrogen-bond donors (Lipinski definition) is 2. The number of nitrogens with two attached hydrogens (primary N) is 1. The van der Waals surface area contributed by atoms with Gasteiger partial charge < -0.3 is 10.9 Å². The van der Waals surface area contributed by atoms with E-state index in [9.17, 15) is 0 Å². The van der Waals surface area contributed by atoms with Crippen LogP contribution in [0, 0.1) is 5.41 Å². The van der Waals surface area contributed by atoms with Gasteiger partial charge in [-0.15, -0.1) is 0 Å². The van der Waals surface area contributed by atoms with Crippen LogP contribution in [0.4, 0.5) is 0 Å². The Balaban J connectivity index is 3.75. The number of rotatable bonds is 9. The van der Waals surface area contributed by atoms with Crippen LogP contribution in [0.5, 0.6) is 0 Å². The van der Waals surface area contributed by atoms with Crippen molar-refractivity contribution in [2.24, 2.45) is 16.3 Å². The van der Waals surface area contributed by atoms with Gasteiger partial charge in [0.2, 0.25) is 0 Å². The average molecular weight is 252 g/mol. The fourth-order valence-corrected chi connectivity index (χ4v) is 1.49. The van der Waals surface area contributed by atoms with Crippen molar-refractivity contribution in [3.05, 3.63) is 24.3 Å². The van der Waals surface area contributed by atoms with Gasteiger partial charge in [-0.25, -0.2) is 0 Å². The summed E-state index contributed by atoms with van der Waals surface area (Å²) in [6.07, 6.45) is 15.4. The summed E-state index contributed by atoms with van der Waals surface area (Å²) in [5.74, 6) is 0.284. The minimum Gasteiger partial charge on any atom is -0.409 e. The van der Waals surface area contributed by atoms with Crippen molar-refractivity contribution in [3.63, 3.8) is 0 Å². The van der Waals surface area contributed by atoms with Gasteiger partial charge in [0.25, 0.3) is 0 Å². The van der Waals surface area contributed by atoms with Crippen LogP contribution in [-0.2, 0) is 0 Å². The van der Waals surface area contributed by atoms with Crippen LogP contribution in [0.25, 0.3) is 0 Å². The van der Waals surface area contributed by atoms with E-state index in [1.165, 1.54) is 19.3 Å². The van der Waals surface area contributed by atoms with Gasteiger partial charge in [-0.2, -0.15) is 0 Å². The summed E-state index contributed by atoms with van der Waals surface area (Å²) in [7, 11) is 0. The lowest BCUT2D eigenvalue weighted by atomic mass is 9.88. The second-order valence-corrected chi connectivity index (χ2v) is 5.24. The Labute approximate surface area is 111 Å². The van der Waals surface area contributed by atoms with Crippen molar-refractivity contribution >= 4 is 5.84 Å². The number of hydrogen-bond acceptors (Lipinski definition) is 2. The summed E-state index contributed by atoms with van der Waals surface area (Å²) in [5.41, 5.74) is 5.34. The molecule has 0 heterocycles. The van der Waals surface area contributed by atoms with E-state index in [0.29, 0.717) is 0 Å². The number of unbranched alkanes of at least 4 members (excludes halogenated alkanes) is 3. The van der Waals surface area contributed by atoms with Gasteiger partial charge in [0.15, 0.2) is 0 Å². The summed E-state index contributed by atoms with van der Waals surface area (Å²) in [4.78, 5) is 0. The molecule has 18 heavy (non-hydrogen) atoms. The van der Waals surface area contributed by atoms with Crippen molar-refractivity contribution in [1.82, 2.24) is 0 Å². The maximum atomic E-state index is 8.64. The van der Waals surface area contributed by atoms with Gasteiger partial charge >= 0.3 is 0 Å². The normalized spacial score (nSPS) is 13.8. The van der Waals surface area contributed by atoms with Gasteiger partial charge in [0, 0.05) is 5.41 Å². The van der Waals surface area contributed by atoms with Gasteiger partial charge in [0.05, 0.1) is 0 Å². The van der Waals surface area contributed by atoms with Crippen LogP contribution >= 0.6 is 0 Å². The van der Waals surface area contributed by atoms with Gasteiger partial charge in [0.1, 0.15) is 5.84 Å². The molecule has 0 aliphatic heterocycles. The smallest absolute Gasteiger partial charge is 0.145 e. The molecule has 0 atom stereocenters. The van der Waals surface area contributed by atoms with Crippen molar-refractivity contribution in [3.8, 4) is 0 Å². The fourth-order valence-electron chi connectivity index (χ4n) is 1.49. The van der Waals surface area contributed by atoms with Gasteiger partial charge in [-0.05, 0) is 25.7 Å². The highest BCUT2D eigenvalue weighted by atomic mass is 16.4. The molecule has 0 aliphatic rings. The molecular formula is C15H28N2O. The molecule has 3 nitrogen and oxygen atoms in total. The Hall–Kier alpha value is -1.25. The predicted molar refractivity (Wildman–Crippen MR) is 78.8 cm³/mol. The highest BCUT2D eigenvalue weighted by Crippen LogP contribution is 2.21. The highest BCUT2D eigenvalue weighted by molar-refractivity contribution is 5.85. The molecule has 0 aromatic rings. The lowest BCUT2D eigenvalue weighted by Crippen LogP contribution is -2.31. The van der Waals surface area contributed by atoms with E-state index in [2.05, 4.69) is 36.4 Å². The second kappa shape index (κ2) is 9.75. The summed E-state index contributed by atoms with van der Waals surface area (Å²) >= 11 is 0. The summed E-state index contributed by atoms with van der Waals surface area (Å²) in [5, 5.41) is 11.7. The Bertz CT molecular complexity index is 291. The molecule has 0 fully saturated rings. The van der Waals surface area contributed by atoms with Crippen molar-refractivity contribution < 1.29 is 5.21 Å². The van der Waals surface area contributed by atoms with E-state index in [0.717, 1.165) is 19.3 Å². The first-order valence-corrected chi connectivity index (χ1v) is 6.82. The molecule has 3 N–H and O–H groups in total. The molecule has 3 heteroatoms. The summed E-state index contributed by atoms with van der Waals surface area (Å²) < 4.78 is 0. The molecule has 0 saturated carbocycles. The third-order valence-corrected chi connectivity index (χ3v) is 2.99. The Morgan fingerprint density at radius 3 is 2.22 bits per heavy atom. The monoisotopic (exact) mass is 252 g/mol. The molecule has 104 valence electrons. The van der Waals surface area contributed by atoms with E-state index in [-0.39, 0.29) is 11.3 Å². The minimum atomic E-state index is -0.276. The topological polar surface area (TPSA) is 58.6 Å². The van der Waals surface area contributed by atoms with Crippen LogP contribution in [0.1, 0.15) is 59.3 Å². The first kappa shape index (κ1) is 16.8. The number of amidine groups is 1. The van der Waals surface area contributed by atoms with Crippen molar-refractivity contribution in [2.75, 3.05) is 0 Å². The van der Waals surface area contributed by atoms with Crippen molar-refractivity contribution in [1.29, 1.82) is 0 Å². The molecule has 0 spiro atoms. The zero-order valence-corrected chi connectivity index (χ0v) is 12.0. The zero-order valence-electron chi connectivity index (χ0n) is 12.0. The SMILES string of the molecule is CCCCC=CCCC=CCC(C)(C)C(N)=NO. The predicted octanol–water partition coefficient (Wildman–Crippen LogP) is 4.23. The van der Waals surface area contributed by atoms with Crippen LogP contribution < -0.4 is 5.73 Å². The largest absolute Gasteiger partial charge is 0.409 e. The molecule has 0 rings (SSSR count). The average Bonchev–Trinajstić information content (AvgIpc) is 2.35. The molecule has 0 unspecified atom stereocenters. The molecule has 0 aromatic heterocycles. The summed E-state index contributed by atoms with van der Waals surface area (Å²) in [6, 6.07) is 0. The molecular weight excluding hydrogens is 224 g/mol. The molecule has 0 aromatic carbocycles. The van der Waals surface area contributed by atoms with Crippen LogP contribution in [0.2, 0.25) is 0 Å². The first-order valence-electron chi connectivity index (χ1n) is 6.82. The second-order valence-electron chi connectivity index (χ2n) is 5.24. The molecule has 0 bridgehead atoms. The van der Waals surface area contributed by atoms with Crippen LogP contribution in [-0.4, -0.2) is 11.0 Å². The van der Waals surface area contributed by atoms with E-state index in [1.54, 1.807) is 0 Å². The molecule has 0 saturated heterocycles. The Kier molecular flexibility index (Phi) is 9.07. The molecule has 0 aliphatic carbocycles. The van der Waals surface area contributed by atoms with E-state index in [4.69, 9.17) is 10.9 Å². The zero-order chi connectivity index (χ0) is 13.9. The maximum Gasteiger partial charge on any atom is 0.145 e. The van der Waals surface area contributed by atoms with E-state index < -0.39 is 0 Å². The van der Waals surface area contributed by atoms with E-state index >= 15 is 0 Å². The Morgan fingerprint density at radius 1 is 1.11 bits per heavy atom. The summed E-state index contributed by atoms with van der Waals surface area (Å²) in [6.45, 7) is 6.15. The van der Waals surface area contributed by atoms with Crippen LogP contribution in [0.3, 0.4) is 0 Å². The molecule has 0 radical (unpaired) electrons. The van der Waals surface area contributed by atoms with E-state index in [1.807, 2.05) is 13.8 Å². The first-order chi connectivity index (χ1) is 8.54. The lowest BCUT2D eigenvalue weighted by Gasteiger charge is -2.20. The number of oxime groups is 1. The third kappa shape index (κ3) is 7.93. The third-order valence-electron chi connectivity index (χ3n) is 2.99. The quantitative estimate of drug-likeness (QED) is 0.161. The fraction of sp³-hybridized carbons (Fsp3) is 0.667. The lowest BCUT2D eigenvalue weighted by molar-refractivity contribution is 0.308. The van der Waals surface area contributed by atoms with Gasteiger partial charge in [-0.1, -0.05) is 63.1 Å². The Morgan fingerprint density at radius 2 is 1.67 bits per heavy atom. The standard InChI is InChI=1S/C15H28N2O/c1-4-5-6-7-8-9-10-11-12-13-15(2,3)14(16)17-18/h7-8,11-12,18H,4-6,9-10,13H2,1-3H3,(H2,16,17). The van der Waals surface area contributed by atoms with Crippen molar-refractivity contribution in [2.45, 2.75) is 59.3 Å². The number of nitrogens with zero attached hydrogens (tertiary/aromatic N) is 1. The highest BCUT2D eigenvalue weighted by Gasteiger charge is 2.21. The van der Waals surface area contributed by atoms with Crippen LogP contribution in [0.15, 0.2) is 29.5 Å². The maximum absolute atomic E-state index is 8.64. The van der Waals surface area contributed by atoms with Gasteiger partial charge in [-0.3, -0.25) is 0 Å². The minimum absolute atomic E-state index is 0.276. The molecule has 0 amide bonds.